The average molecular weight is 160 g/mol. The molecule has 1 rings (SSSR count). The highest BCUT2D eigenvalue weighted by molar-refractivity contribution is 5.47. The molecule has 0 aliphatic carbocycles. The van der Waals surface area contributed by atoms with E-state index in [-0.39, 0.29) is 5.75 Å². The Bertz CT molecular complexity index is 336. The van der Waals surface area contributed by atoms with Crippen LogP contribution in [0, 0.1) is 24.3 Å². The SMILES string of the molecule is CCc1c(C#N)c[c]c(O)c1C. The average Bonchev–Trinajstić information content (AvgIpc) is 2.09. The fraction of sp³-hybridized carbons (Fsp3) is 0.300. The van der Waals surface area contributed by atoms with Gasteiger partial charge in [0.2, 0.25) is 0 Å². The second-order valence-corrected chi connectivity index (χ2v) is 2.62. The number of hydrogen-bond donors (Lipinski definition) is 1. The molecular formula is C10H10NO. The van der Waals surface area contributed by atoms with Crippen LogP contribution in [-0.2, 0) is 6.42 Å². The second kappa shape index (κ2) is 3.27. The van der Waals surface area contributed by atoms with Gasteiger partial charge in [-0.1, -0.05) is 6.92 Å². The Balaban J connectivity index is 3.38. The van der Waals surface area contributed by atoms with Crippen LogP contribution in [0.25, 0.3) is 0 Å². The molecule has 1 radical (unpaired) electrons. The lowest BCUT2D eigenvalue weighted by Crippen LogP contribution is -1.92. The zero-order valence-corrected chi connectivity index (χ0v) is 7.18. The second-order valence-electron chi connectivity index (χ2n) is 2.62. The highest BCUT2D eigenvalue weighted by Crippen LogP contribution is 2.22. The zero-order valence-electron chi connectivity index (χ0n) is 7.18. The van der Waals surface area contributed by atoms with E-state index in [0.29, 0.717) is 5.56 Å². The van der Waals surface area contributed by atoms with E-state index in [2.05, 4.69) is 12.1 Å². The molecule has 2 nitrogen and oxygen atoms in total. The van der Waals surface area contributed by atoms with Gasteiger partial charge in [0.1, 0.15) is 5.75 Å². The monoisotopic (exact) mass is 160 g/mol. The van der Waals surface area contributed by atoms with Crippen LogP contribution in [0.1, 0.15) is 23.6 Å². The first kappa shape index (κ1) is 8.61. The summed E-state index contributed by atoms with van der Waals surface area (Å²) in [6, 6.07) is 6.23. The summed E-state index contributed by atoms with van der Waals surface area (Å²) in [5.41, 5.74) is 2.28. The fourth-order valence-electron chi connectivity index (χ4n) is 1.24. The van der Waals surface area contributed by atoms with Gasteiger partial charge in [-0.15, -0.1) is 0 Å². The van der Waals surface area contributed by atoms with Crippen molar-refractivity contribution < 1.29 is 5.11 Å². The van der Waals surface area contributed by atoms with Crippen molar-refractivity contribution in [2.75, 3.05) is 0 Å². The Morgan fingerprint density at radius 1 is 1.67 bits per heavy atom. The Morgan fingerprint density at radius 2 is 2.33 bits per heavy atom. The minimum atomic E-state index is 0.144. The Labute approximate surface area is 72.1 Å². The number of aromatic hydroxyl groups is 1. The van der Waals surface area contributed by atoms with Gasteiger partial charge in [-0.3, -0.25) is 0 Å². The number of rotatable bonds is 1. The molecule has 1 aromatic carbocycles. The fourth-order valence-corrected chi connectivity index (χ4v) is 1.24. The Hall–Kier alpha value is -1.49. The van der Waals surface area contributed by atoms with Crippen LogP contribution < -0.4 is 0 Å². The molecule has 0 aliphatic heterocycles. The van der Waals surface area contributed by atoms with Gasteiger partial charge >= 0.3 is 0 Å². The minimum absolute atomic E-state index is 0.144. The largest absolute Gasteiger partial charge is 0.507 e. The molecule has 0 saturated carbocycles. The topological polar surface area (TPSA) is 44.0 Å². The number of hydrogen-bond acceptors (Lipinski definition) is 2. The summed E-state index contributed by atoms with van der Waals surface area (Å²) in [5.74, 6) is 0.144. The lowest BCUT2D eigenvalue weighted by molar-refractivity contribution is 0.469. The van der Waals surface area contributed by atoms with Gasteiger partial charge in [0.15, 0.2) is 0 Å². The number of nitriles is 1. The van der Waals surface area contributed by atoms with Gasteiger partial charge in [0, 0.05) is 6.07 Å². The molecular weight excluding hydrogens is 150 g/mol. The van der Waals surface area contributed by atoms with E-state index < -0.39 is 0 Å². The first-order valence-electron chi connectivity index (χ1n) is 3.84. The van der Waals surface area contributed by atoms with Crippen LogP contribution in [0.5, 0.6) is 5.75 Å². The summed E-state index contributed by atoms with van der Waals surface area (Å²) < 4.78 is 0. The molecule has 0 spiro atoms. The molecule has 0 aromatic heterocycles. The normalized spacial score (nSPS) is 9.42. The lowest BCUT2D eigenvalue weighted by atomic mass is 10.00. The van der Waals surface area contributed by atoms with Gasteiger partial charge < -0.3 is 5.11 Å². The summed E-state index contributed by atoms with van der Waals surface area (Å²) in [4.78, 5) is 0. The maximum Gasteiger partial charge on any atom is 0.126 e. The van der Waals surface area contributed by atoms with E-state index in [0.717, 1.165) is 17.5 Å². The number of phenolic OH excluding ortho intramolecular Hbond substituents is 1. The summed E-state index contributed by atoms with van der Waals surface area (Å²) in [6.45, 7) is 3.76. The van der Waals surface area contributed by atoms with E-state index in [4.69, 9.17) is 5.26 Å². The smallest absolute Gasteiger partial charge is 0.126 e. The van der Waals surface area contributed by atoms with E-state index in [1.54, 1.807) is 6.92 Å². The summed E-state index contributed by atoms with van der Waals surface area (Å²) in [6.07, 6.45) is 0.761. The molecule has 0 aliphatic rings. The van der Waals surface area contributed by atoms with Crippen molar-refractivity contribution in [3.8, 4) is 11.8 Å². The van der Waals surface area contributed by atoms with Crippen molar-refractivity contribution >= 4 is 0 Å². The molecule has 61 valence electrons. The number of phenols is 1. The molecule has 12 heavy (non-hydrogen) atoms. The standard InChI is InChI=1S/C10H10NO/c1-3-9-7(2)10(12)5-4-8(9)6-11/h4,12H,3H2,1-2H3. The summed E-state index contributed by atoms with van der Waals surface area (Å²) in [5, 5.41) is 18.0. The third-order valence-corrected chi connectivity index (χ3v) is 1.96. The number of nitrogens with zero attached hydrogens (tertiary/aromatic N) is 1. The quantitative estimate of drug-likeness (QED) is 0.682. The van der Waals surface area contributed by atoms with E-state index >= 15 is 0 Å². The van der Waals surface area contributed by atoms with Crippen LogP contribution in [0.2, 0.25) is 0 Å². The molecule has 0 bridgehead atoms. The van der Waals surface area contributed by atoms with Gasteiger partial charge in [-0.05, 0) is 30.5 Å². The highest BCUT2D eigenvalue weighted by Gasteiger charge is 2.06. The van der Waals surface area contributed by atoms with Crippen LogP contribution in [-0.4, -0.2) is 5.11 Å². The van der Waals surface area contributed by atoms with Crippen LogP contribution in [0.4, 0.5) is 0 Å². The highest BCUT2D eigenvalue weighted by atomic mass is 16.3. The van der Waals surface area contributed by atoms with E-state index in [1.807, 2.05) is 6.92 Å². The molecule has 1 aromatic rings. The molecule has 0 saturated heterocycles. The van der Waals surface area contributed by atoms with Gasteiger partial charge in [0.05, 0.1) is 11.6 Å². The lowest BCUT2D eigenvalue weighted by Gasteiger charge is -2.05. The molecule has 2 heteroatoms. The Kier molecular flexibility index (Phi) is 2.35. The van der Waals surface area contributed by atoms with Gasteiger partial charge in [-0.25, -0.2) is 0 Å². The molecule has 0 unspecified atom stereocenters. The van der Waals surface area contributed by atoms with Crippen LogP contribution >= 0.6 is 0 Å². The van der Waals surface area contributed by atoms with Crippen LogP contribution in [0.3, 0.4) is 0 Å². The third kappa shape index (κ3) is 1.26. The first-order valence-corrected chi connectivity index (χ1v) is 3.84. The maximum absolute atomic E-state index is 9.29. The van der Waals surface area contributed by atoms with Crippen molar-refractivity contribution in [1.29, 1.82) is 5.26 Å². The molecule has 0 fully saturated rings. The molecule has 0 heterocycles. The summed E-state index contributed by atoms with van der Waals surface area (Å²) >= 11 is 0. The van der Waals surface area contributed by atoms with Crippen molar-refractivity contribution in [3.05, 3.63) is 28.8 Å². The summed E-state index contributed by atoms with van der Waals surface area (Å²) in [7, 11) is 0. The predicted molar refractivity (Wildman–Crippen MR) is 45.8 cm³/mol. The molecule has 0 atom stereocenters. The minimum Gasteiger partial charge on any atom is -0.507 e. The van der Waals surface area contributed by atoms with Crippen molar-refractivity contribution in [2.24, 2.45) is 0 Å². The number of benzene rings is 1. The zero-order chi connectivity index (χ0) is 9.14. The van der Waals surface area contributed by atoms with Gasteiger partial charge in [-0.2, -0.15) is 5.26 Å². The first-order chi connectivity index (χ1) is 5.70. The van der Waals surface area contributed by atoms with Crippen LogP contribution in [0.15, 0.2) is 6.07 Å². The predicted octanol–water partition coefficient (Wildman–Crippen LogP) is 1.93. The van der Waals surface area contributed by atoms with Crippen molar-refractivity contribution in [1.82, 2.24) is 0 Å². The van der Waals surface area contributed by atoms with Gasteiger partial charge in [0.25, 0.3) is 0 Å². The maximum atomic E-state index is 9.29. The van der Waals surface area contributed by atoms with E-state index in [1.165, 1.54) is 6.07 Å². The third-order valence-electron chi connectivity index (χ3n) is 1.96. The Morgan fingerprint density at radius 3 is 2.83 bits per heavy atom. The van der Waals surface area contributed by atoms with Crippen molar-refractivity contribution in [3.63, 3.8) is 0 Å². The van der Waals surface area contributed by atoms with E-state index in [9.17, 15) is 5.11 Å². The molecule has 1 N–H and O–H groups in total. The molecule has 0 amide bonds. The van der Waals surface area contributed by atoms with Crippen molar-refractivity contribution in [2.45, 2.75) is 20.3 Å².